The largest absolute Gasteiger partial charge is 0.486 e. The lowest BCUT2D eigenvalue weighted by Crippen LogP contribution is -2.41. The van der Waals surface area contributed by atoms with Gasteiger partial charge in [0.25, 0.3) is 11.8 Å². The van der Waals surface area contributed by atoms with Gasteiger partial charge in [-0.05, 0) is 38.1 Å². The number of nitrogens with one attached hydrogen (secondary N) is 2. The van der Waals surface area contributed by atoms with Crippen molar-refractivity contribution in [3.63, 3.8) is 0 Å². The van der Waals surface area contributed by atoms with Crippen molar-refractivity contribution in [1.29, 1.82) is 0 Å². The summed E-state index contributed by atoms with van der Waals surface area (Å²) < 4.78 is 10.8. The molecule has 3 rings (SSSR count). The number of carbonyl (C=O) groups excluding carboxylic acids is 2. The zero-order valence-electron chi connectivity index (χ0n) is 12.8. The number of rotatable bonds is 2. The van der Waals surface area contributed by atoms with Gasteiger partial charge in [-0.1, -0.05) is 0 Å². The molecule has 0 unspecified atom stereocenters. The quantitative estimate of drug-likeness (QED) is 0.827. The summed E-state index contributed by atoms with van der Waals surface area (Å²) in [5.41, 5.74) is 5.78. The number of ether oxygens (including phenoxy) is 2. The second-order valence-corrected chi connectivity index (χ2v) is 6.55. The number of aryl methyl sites for hydroxylation is 2. The molecule has 0 spiro atoms. The zero-order valence-corrected chi connectivity index (χ0v) is 13.6. The lowest BCUT2D eigenvalue weighted by molar-refractivity contribution is 0.0846. The first-order valence-corrected chi connectivity index (χ1v) is 7.93. The monoisotopic (exact) mass is 332 g/mol. The van der Waals surface area contributed by atoms with Gasteiger partial charge in [0.2, 0.25) is 0 Å². The fourth-order valence-corrected chi connectivity index (χ4v) is 3.22. The molecule has 1 aromatic carbocycles. The Kier molecular flexibility index (Phi) is 4.20. The van der Waals surface area contributed by atoms with E-state index in [2.05, 4.69) is 10.9 Å². The molecule has 0 saturated heterocycles. The molecule has 1 aromatic heterocycles. The van der Waals surface area contributed by atoms with Crippen LogP contribution < -0.4 is 20.3 Å². The van der Waals surface area contributed by atoms with Crippen molar-refractivity contribution in [3.05, 3.63) is 45.1 Å². The highest BCUT2D eigenvalue weighted by Crippen LogP contribution is 2.30. The molecule has 2 heterocycles. The minimum absolute atomic E-state index is 0.335. The van der Waals surface area contributed by atoms with Gasteiger partial charge in [-0.2, -0.15) is 0 Å². The SMILES string of the molecule is Cc1cc(C(=O)NNC(=O)c2ccc3c(c2)OCCO3)c(C)s1. The van der Waals surface area contributed by atoms with Crippen LogP contribution in [0.2, 0.25) is 0 Å². The predicted molar refractivity (Wildman–Crippen MR) is 86.2 cm³/mol. The summed E-state index contributed by atoms with van der Waals surface area (Å²) in [6.07, 6.45) is 0. The summed E-state index contributed by atoms with van der Waals surface area (Å²) in [5, 5.41) is 0. The first kappa shape index (κ1) is 15.4. The predicted octanol–water partition coefficient (Wildman–Crippen LogP) is 2.21. The highest BCUT2D eigenvalue weighted by molar-refractivity contribution is 7.12. The van der Waals surface area contributed by atoms with E-state index in [9.17, 15) is 9.59 Å². The highest BCUT2D eigenvalue weighted by atomic mass is 32.1. The third kappa shape index (κ3) is 3.29. The topological polar surface area (TPSA) is 76.7 Å². The van der Waals surface area contributed by atoms with Gasteiger partial charge >= 0.3 is 0 Å². The molecule has 6 nitrogen and oxygen atoms in total. The number of fused-ring (bicyclic) bond motifs is 1. The summed E-state index contributed by atoms with van der Waals surface area (Å²) in [6.45, 7) is 4.75. The minimum Gasteiger partial charge on any atom is -0.486 e. The summed E-state index contributed by atoms with van der Waals surface area (Å²) in [7, 11) is 0. The second-order valence-electron chi connectivity index (χ2n) is 5.09. The summed E-state index contributed by atoms with van der Waals surface area (Å²) >= 11 is 1.54. The van der Waals surface area contributed by atoms with Crippen LogP contribution in [0.3, 0.4) is 0 Å². The van der Waals surface area contributed by atoms with Gasteiger partial charge in [-0.25, -0.2) is 0 Å². The van der Waals surface area contributed by atoms with Crippen LogP contribution in [-0.4, -0.2) is 25.0 Å². The highest BCUT2D eigenvalue weighted by Gasteiger charge is 2.16. The third-order valence-electron chi connectivity index (χ3n) is 3.38. The molecular weight excluding hydrogens is 316 g/mol. The van der Waals surface area contributed by atoms with E-state index in [1.165, 1.54) is 11.3 Å². The Labute approximate surface area is 137 Å². The molecule has 2 N–H and O–H groups in total. The Bertz CT molecular complexity index is 769. The maximum atomic E-state index is 12.1. The van der Waals surface area contributed by atoms with E-state index in [4.69, 9.17) is 9.47 Å². The van der Waals surface area contributed by atoms with Gasteiger partial charge in [0.1, 0.15) is 13.2 Å². The summed E-state index contributed by atoms with van der Waals surface area (Å²) in [5.74, 6) is 0.387. The van der Waals surface area contributed by atoms with Crippen LogP contribution in [0.25, 0.3) is 0 Å². The van der Waals surface area contributed by atoms with Crippen molar-refractivity contribution < 1.29 is 19.1 Å². The first-order chi connectivity index (χ1) is 11.0. The molecule has 0 aliphatic carbocycles. The van der Waals surface area contributed by atoms with Gasteiger partial charge in [-0.15, -0.1) is 11.3 Å². The van der Waals surface area contributed by atoms with Gasteiger partial charge in [0.05, 0.1) is 5.56 Å². The molecule has 1 aliphatic heterocycles. The van der Waals surface area contributed by atoms with Crippen LogP contribution in [0.1, 0.15) is 30.5 Å². The molecule has 7 heteroatoms. The number of hydrogen-bond acceptors (Lipinski definition) is 5. The smallest absolute Gasteiger partial charge is 0.270 e. The third-order valence-corrected chi connectivity index (χ3v) is 4.35. The van der Waals surface area contributed by atoms with Crippen LogP contribution in [0.15, 0.2) is 24.3 Å². The number of hydrazine groups is 1. The van der Waals surface area contributed by atoms with Crippen molar-refractivity contribution in [2.75, 3.05) is 13.2 Å². The van der Waals surface area contributed by atoms with Crippen molar-refractivity contribution in [1.82, 2.24) is 10.9 Å². The van der Waals surface area contributed by atoms with E-state index in [1.807, 2.05) is 13.8 Å². The van der Waals surface area contributed by atoms with Crippen LogP contribution in [-0.2, 0) is 0 Å². The zero-order chi connectivity index (χ0) is 16.4. The molecule has 2 aromatic rings. The van der Waals surface area contributed by atoms with Crippen LogP contribution in [0.4, 0.5) is 0 Å². The number of thiophene rings is 1. The number of benzene rings is 1. The Morgan fingerprint density at radius 2 is 1.70 bits per heavy atom. The fraction of sp³-hybridized carbons (Fsp3) is 0.250. The molecule has 0 radical (unpaired) electrons. The average Bonchev–Trinajstić information content (AvgIpc) is 2.90. The molecule has 1 aliphatic rings. The van der Waals surface area contributed by atoms with Crippen LogP contribution >= 0.6 is 11.3 Å². The Hall–Kier alpha value is -2.54. The fourth-order valence-electron chi connectivity index (χ4n) is 2.29. The molecule has 2 amide bonds. The molecule has 23 heavy (non-hydrogen) atoms. The first-order valence-electron chi connectivity index (χ1n) is 7.12. The van der Waals surface area contributed by atoms with Gasteiger partial charge in [0, 0.05) is 15.3 Å². The van der Waals surface area contributed by atoms with E-state index in [0.29, 0.717) is 35.8 Å². The molecule has 120 valence electrons. The van der Waals surface area contributed by atoms with E-state index in [1.54, 1.807) is 24.3 Å². The van der Waals surface area contributed by atoms with Gasteiger partial charge in [0.15, 0.2) is 11.5 Å². The Morgan fingerprint density at radius 3 is 2.39 bits per heavy atom. The normalized spacial score (nSPS) is 12.6. The maximum Gasteiger partial charge on any atom is 0.270 e. The van der Waals surface area contributed by atoms with E-state index >= 15 is 0 Å². The lowest BCUT2D eigenvalue weighted by Gasteiger charge is -2.18. The standard InChI is InChI=1S/C16H16N2O4S/c1-9-7-12(10(2)23-9)16(20)18-17-15(19)11-3-4-13-14(8-11)22-6-5-21-13/h3-4,7-8H,5-6H2,1-2H3,(H,17,19)(H,18,20). The Morgan fingerprint density at radius 1 is 1.00 bits per heavy atom. The summed E-state index contributed by atoms with van der Waals surface area (Å²) in [4.78, 5) is 26.2. The van der Waals surface area contributed by atoms with Crippen LogP contribution in [0, 0.1) is 13.8 Å². The molecule has 0 atom stereocenters. The van der Waals surface area contributed by atoms with Crippen LogP contribution in [0.5, 0.6) is 11.5 Å². The molecule has 0 fully saturated rings. The van der Waals surface area contributed by atoms with Crippen molar-refractivity contribution in [2.45, 2.75) is 13.8 Å². The van der Waals surface area contributed by atoms with Gasteiger partial charge < -0.3 is 9.47 Å². The van der Waals surface area contributed by atoms with Crippen molar-refractivity contribution in [3.8, 4) is 11.5 Å². The second kappa shape index (κ2) is 6.29. The number of amides is 2. The maximum absolute atomic E-state index is 12.1. The van der Waals surface area contributed by atoms with Crippen molar-refractivity contribution >= 4 is 23.2 Å². The number of carbonyl (C=O) groups is 2. The lowest BCUT2D eigenvalue weighted by atomic mass is 10.2. The van der Waals surface area contributed by atoms with E-state index in [-0.39, 0.29) is 5.91 Å². The molecule has 0 bridgehead atoms. The van der Waals surface area contributed by atoms with E-state index in [0.717, 1.165) is 9.75 Å². The van der Waals surface area contributed by atoms with Crippen molar-refractivity contribution in [2.24, 2.45) is 0 Å². The van der Waals surface area contributed by atoms with E-state index < -0.39 is 5.91 Å². The minimum atomic E-state index is -0.417. The molecule has 0 saturated carbocycles. The molecular formula is C16H16N2O4S. The summed E-state index contributed by atoms with van der Waals surface area (Å²) in [6, 6.07) is 6.69. The number of hydrogen-bond donors (Lipinski definition) is 2. The average molecular weight is 332 g/mol. The van der Waals surface area contributed by atoms with Gasteiger partial charge in [-0.3, -0.25) is 20.4 Å². The Balaban J connectivity index is 1.65.